The van der Waals surface area contributed by atoms with E-state index in [4.69, 9.17) is 9.47 Å². The van der Waals surface area contributed by atoms with Gasteiger partial charge in [-0.25, -0.2) is 14.2 Å². The molecule has 0 radical (unpaired) electrons. The van der Waals surface area contributed by atoms with E-state index in [0.29, 0.717) is 23.6 Å². The molecule has 0 bridgehead atoms. The first-order valence-electron chi connectivity index (χ1n) is 12.5. The molecule has 1 aromatic heterocycles. The van der Waals surface area contributed by atoms with Crippen molar-refractivity contribution >= 4 is 6.09 Å². The maximum Gasteiger partial charge on any atom is 0.424 e. The lowest BCUT2D eigenvalue weighted by Gasteiger charge is -2.32. The minimum Gasteiger partial charge on any atom is -0.490 e. The molecule has 1 unspecified atom stereocenters. The van der Waals surface area contributed by atoms with Crippen molar-refractivity contribution in [3.05, 3.63) is 47.4 Å². The molecule has 1 amide bonds. The third kappa shape index (κ3) is 6.04. The number of aliphatic hydroxyl groups is 1. The standard InChI is InChI=1S/C27H33F4N3O4/c1-24(2,3)38-23(35)33-14-26(36,27(29,30)31)20-11-19-22(21(34-20)17-7-9-18(28)10-8-17)37-15-25(19,4)13-32-12-16-5-6-16/h7-11,16,32,36H,5-6,12-15H2,1-4H3,(H,33,35)/t25-,26?/m0/s1. The van der Waals surface area contributed by atoms with E-state index < -0.39 is 46.9 Å². The fourth-order valence-electron chi connectivity index (χ4n) is 4.32. The number of amides is 1. The number of benzene rings is 1. The van der Waals surface area contributed by atoms with Crippen LogP contribution >= 0.6 is 0 Å². The molecule has 1 fully saturated rings. The number of alkyl carbamates (subject to hydrolysis) is 1. The zero-order valence-electron chi connectivity index (χ0n) is 21.8. The number of ether oxygens (including phenoxy) is 2. The summed E-state index contributed by atoms with van der Waals surface area (Å²) >= 11 is 0. The Bertz CT molecular complexity index is 1180. The second kappa shape index (κ2) is 10.00. The molecule has 3 N–H and O–H groups in total. The summed E-state index contributed by atoms with van der Waals surface area (Å²) in [5, 5.41) is 16.5. The molecule has 208 valence electrons. The number of aromatic nitrogens is 1. The number of halogens is 4. The van der Waals surface area contributed by atoms with Crippen LogP contribution in [0, 0.1) is 11.7 Å². The van der Waals surface area contributed by atoms with E-state index in [0.717, 1.165) is 19.4 Å². The molecule has 0 saturated heterocycles. The monoisotopic (exact) mass is 539 g/mol. The van der Waals surface area contributed by atoms with Gasteiger partial charge in [-0.05, 0) is 76.4 Å². The smallest absolute Gasteiger partial charge is 0.424 e. The van der Waals surface area contributed by atoms with E-state index in [1.807, 2.05) is 12.2 Å². The molecule has 2 atom stereocenters. The topological polar surface area (TPSA) is 92.7 Å². The molecule has 2 aliphatic rings. The third-order valence-electron chi connectivity index (χ3n) is 6.70. The van der Waals surface area contributed by atoms with Crippen LogP contribution in [0.5, 0.6) is 5.75 Å². The molecule has 0 spiro atoms. The molecule has 2 aromatic rings. The molecule has 7 nitrogen and oxygen atoms in total. The Kier molecular flexibility index (Phi) is 7.39. The molecule has 1 aliphatic carbocycles. The number of carbonyl (C=O) groups excluding carboxylic acids is 1. The quantitative estimate of drug-likeness (QED) is 0.417. The predicted octanol–water partition coefficient (Wildman–Crippen LogP) is 4.81. The molecule has 1 saturated carbocycles. The van der Waals surface area contributed by atoms with E-state index in [9.17, 15) is 27.5 Å². The van der Waals surface area contributed by atoms with E-state index >= 15 is 0 Å². The summed E-state index contributed by atoms with van der Waals surface area (Å²) in [5.41, 5.74) is -5.12. The Morgan fingerprint density at radius 3 is 2.45 bits per heavy atom. The maximum atomic E-state index is 14.4. The molecule has 38 heavy (non-hydrogen) atoms. The summed E-state index contributed by atoms with van der Waals surface area (Å²) in [5.74, 6) is 0.350. The first-order valence-corrected chi connectivity index (χ1v) is 12.5. The van der Waals surface area contributed by atoms with Crippen molar-refractivity contribution in [1.82, 2.24) is 15.6 Å². The van der Waals surface area contributed by atoms with Gasteiger partial charge >= 0.3 is 12.3 Å². The van der Waals surface area contributed by atoms with Gasteiger partial charge in [0.25, 0.3) is 0 Å². The molecule has 1 aliphatic heterocycles. The maximum absolute atomic E-state index is 14.4. The Labute approximate surface area is 218 Å². The zero-order chi connectivity index (χ0) is 27.9. The fourth-order valence-corrected chi connectivity index (χ4v) is 4.32. The van der Waals surface area contributed by atoms with Crippen LogP contribution in [0.1, 0.15) is 51.8 Å². The van der Waals surface area contributed by atoms with Crippen LogP contribution in [0.15, 0.2) is 30.3 Å². The summed E-state index contributed by atoms with van der Waals surface area (Å²) in [6, 6.07) is 6.30. The van der Waals surface area contributed by atoms with E-state index in [2.05, 4.69) is 10.3 Å². The Morgan fingerprint density at radius 2 is 1.87 bits per heavy atom. The van der Waals surface area contributed by atoms with Crippen LogP contribution < -0.4 is 15.4 Å². The van der Waals surface area contributed by atoms with Gasteiger partial charge in [-0.15, -0.1) is 0 Å². The summed E-state index contributed by atoms with van der Waals surface area (Å²) in [7, 11) is 0. The first kappa shape index (κ1) is 28.1. The van der Waals surface area contributed by atoms with Gasteiger partial charge in [-0.2, -0.15) is 13.2 Å². The van der Waals surface area contributed by atoms with Gasteiger partial charge in [0.15, 0.2) is 0 Å². The van der Waals surface area contributed by atoms with Gasteiger partial charge in [-0.1, -0.05) is 6.92 Å². The fraction of sp³-hybridized carbons (Fsp3) is 0.556. The summed E-state index contributed by atoms with van der Waals surface area (Å²) in [6.07, 6.45) is -4.03. The summed E-state index contributed by atoms with van der Waals surface area (Å²) < 4.78 is 67.9. The number of pyridine rings is 1. The van der Waals surface area contributed by atoms with Crippen molar-refractivity contribution in [1.29, 1.82) is 0 Å². The molecule has 11 heteroatoms. The number of rotatable bonds is 8. The molecule has 2 heterocycles. The Morgan fingerprint density at radius 1 is 1.21 bits per heavy atom. The number of nitrogens with zero attached hydrogens (tertiary/aromatic N) is 1. The highest BCUT2D eigenvalue weighted by atomic mass is 19.4. The third-order valence-corrected chi connectivity index (χ3v) is 6.70. The zero-order valence-corrected chi connectivity index (χ0v) is 21.8. The SMILES string of the molecule is CC(C)(C)OC(=O)NCC(O)(c1cc2c(c(-c3ccc(F)cc3)n1)OC[C@]2(C)CNCC1CC1)C(F)(F)F. The Hall–Kier alpha value is -2.92. The molecular formula is C27H33F4N3O4. The average molecular weight is 540 g/mol. The largest absolute Gasteiger partial charge is 0.490 e. The second-order valence-electron chi connectivity index (χ2n) is 11.4. The molecule has 4 rings (SSSR count). The van der Waals surface area contributed by atoms with Crippen molar-refractivity contribution in [3.8, 4) is 17.0 Å². The predicted molar refractivity (Wildman–Crippen MR) is 132 cm³/mol. The van der Waals surface area contributed by atoms with E-state index in [1.54, 1.807) is 20.8 Å². The lowest BCUT2D eigenvalue weighted by Crippen LogP contribution is -2.52. The molecular weight excluding hydrogens is 506 g/mol. The van der Waals surface area contributed by atoms with Gasteiger partial charge in [0, 0.05) is 23.1 Å². The average Bonchev–Trinajstić information content (AvgIpc) is 3.58. The van der Waals surface area contributed by atoms with E-state index in [1.165, 1.54) is 30.3 Å². The van der Waals surface area contributed by atoms with Crippen molar-refractivity contribution in [2.24, 2.45) is 5.92 Å². The van der Waals surface area contributed by atoms with E-state index in [-0.39, 0.29) is 18.1 Å². The van der Waals surface area contributed by atoms with Gasteiger partial charge in [0.2, 0.25) is 5.60 Å². The highest BCUT2D eigenvalue weighted by molar-refractivity contribution is 5.71. The normalized spacial score (nSPS) is 20.9. The minimum absolute atomic E-state index is 0.0448. The molecule has 1 aromatic carbocycles. The highest BCUT2D eigenvalue weighted by Crippen LogP contribution is 2.47. The summed E-state index contributed by atoms with van der Waals surface area (Å²) in [4.78, 5) is 16.3. The van der Waals surface area contributed by atoms with Gasteiger partial charge in [0.05, 0.1) is 18.8 Å². The van der Waals surface area contributed by atoms with Crippen LogP contribution in [0.4, 0.5) is 22.4 Å². The minimum atomic E-state index is -5.20. The number of carbonyl (C=O) groups is 1. The Balaban J connectivity index is 1.77. The van der Waals surface area contributed by atoms with Crippen LogP contribution in [-0.4, -0.2) is 54.2 Å². The lowest BCUT2D eigenvalue weighted by molar-refractivity contribution is -0.265. The van der Waals surface area contributed by atoms with Crippen molar-refractivity contribution in [2.45, 2.75) is 63.3 Å². The second-order valence-corrected chi connectivity index (χ2v) is 11.4. The van der Waals surface area contributed by atoms with Crippen LogP contribution in [0.2, 0.25) is 0 Å². The number of hydrogen-bond acceptors (Lipinski definition) is 6. The van der Waals surface area contributed by atoms with Gasteiger partial charge in [-0.3, -0.25) is 0 Å². The van der Waals surface area contributed by atoms with Crippen LogP contribution in [0.3, 0.4) is 0 Å². The lowest BCUT2D eigenvalue weighted by atomic mass is 9.82. The highest BCUT2D eigenvalue weighted by Gasteiger charge is 2.57. The number of nitrogens with one attached hydrogen (secondary N) is 2. The van der Waals surface area contributed by atoms with Gasteiger partial charge < -0.3 is 25.2 Å². The number of hydrogen-bond donors (Lipinski definition) is 3. The first-order chi connectivity index (χ1) is 17.6. The number of fused-ring (bicyclic) bond motifs is 1. The van der Waals surface area contributed by atoms with Crippen LogP contribution in [0.25, 0.3) is 11.3 Å². The number of alkyl halides is 3. The van der Waals surface area contributed by atoms with Crippen molar-refractivity contribution < 1.29 is 36.9 Å². The summed E-state index contributed by atoms with van der Waals surface area (Å²) in [6.45, 7) is 6.75. The van der Waals surface area contributed by atoms with Crippen molar-refractivity contribution in [2.75, 3.05) is 26.2 Å². The van der Waals surface area contributed by atoms with Gasteiger partial charge in [0.1, 0.15) is 22.9 Å². The van der Waals surface area contributed by atoms with Crippen molar-refractivity contribution in [3.63, 3.8) is 0 Å². The van der Waals surface area contributed by atoms with Crippen LogP contribution in [-0.2, 0) is 15.8 Å².